The predicted octanol–water partition coefficient (Wildman–Crippen LogP) is 2.06. The fraction of sp³-hybridized carbons (Fsp3) is 0.118. The van der Waals surface area contributed by atoms with Crippen molar-refractivity contribution in [3.63, 3.8) is 0 Å². The summed E-state index contributed by atoms with van der Waals surface area (Å²) in [6.07, 6.45) is 1.52. The van der Waals surface area contributed by atoms with E-state index < -0.39 is 5.91 Å². The van der Waals surface area contributed by atoms with Crippen LogP contribution in [0.1, 0.15) is 15.9 Å². The molecule has 0 spiro atoms. The fourth-order valence-corrected chi connectivity index (χ4v) is 2.33. The van der Waals surface area contributed by atoms with Gasteiger partial charge in [-0.15, -0.1) is 0 Å². The molecule has 1 aliphatic rings. The molecule has 2 aromatic rings. The average molecular weight is 404 g/mol. The van der Waals surface area contributed by atoms with Crippen LogP contribution in [0.3, 0.4) is 0 Å². The standard InChI is InChI=1S/C17H14BrN3O4/c18-13-4-1-11(2-5-13)8-20-21-16(22)9-19-17(23)12-3-6-14-15(7-12)25-10-24-14/h1-8H,9-10H2,(H,19,23)(H,21,22)/b20-8+. The maximum atomic E-state index is 12.0. The second kappa shape index (κ2) is 7.80. The van der Waals surface area contributed by atoms with E-state index in [0.717, 1.165) is 10.0 Å². The Morgan fingerprint density at radius 2 is 1.88 bits per heavy atom. The number of hydrogen-bond acceptors (Lipinski definition) is 5. The highest BCUT2D eigenvalue weighted by Crippen LogP contribution is 2.32. The molecule has 0 unspecified atom stereocenters. The number of halogens is 1. The first-order chi connectivity index (χ1) is 12.1. The number of fused-ring (bicyclic) bond motifs is 1. The fourth-order valence-electron chi connectivity index (χ4n) is 2.07. The highest BCUT2D eigenvalue weighted by atomic mass is 79.9. The van der Waals surface area contributed by atoms with Gasteiger partial charge in [0, 0.05) is 10.0 Å². The Morgan fingerprint density at radius 3 is 2.68 bits per heavy atom. The van der Waals surface area contributed by atoms with E-state index in [2.05, 4.69) is 31.8 Å². The predicted molar refractivity (Wildman–Crippen MR) is 94.8 cm³/mol. The molecule has 7 nitrogen and oxygen atoms in total. The van der Waals surface area contributed by atoms with E-state index in [1.807, 2.05) is 24.3 Å². The Morgan fingerprint density at radius 1 is 1.12 bits per heavy atom. The number of carbonyl (C=O) groups excluding carboxylic acids is 2. The Labute approximate surface area is 152 Å². The SMILES string of the molecule is O=C(CNC(=O)c1ccc2c(c1)OCO2)N/N=C/c1ccc(Br)cc1. The Bertz CT molecular complexity index is 821. The zero-order chi connectivity index (χ0) is 17.6. The van der Waals surface area contributed by atoms with Gasteiger partial charge in [0.1, 0.15) is 0 Å². The van der Waals surface area contributed by atoms with Crippen LogP contribution in [0.15, 0.2) is 52.0 Å². The van der Waals surface area contributed by atoms with Crippen LogP contribution in [-0.4, -0.2) is 31.4 Å². The minimum Gasteiger partial charge on any atom is -0.454 e. The lowest BCUT2D eigenvalue weighted by Gasteiger charge is -2.05. The van der Waals surface area contributed by atoms with Gasteiger partial charge in [-0.05, 0) is 35.9 Å². The van der Waals surface area contributed by atoms with E-state index in [0.29, 0.717) is 17.1 Å². The number of nitrogens with one attached hydrogen (secondary N) is 2. The summed E-state index contributed by atoms with van der Waals surface area (Å²) in [7, 11) is 0. The number of nitrogens with zero attached hydrogens (tertiary/aromatic N) is 1. The second-order valence-corrected chi connectivity index (χ2v) is 6.01. The number of hydrazone groups is 1. The maximum Gasteiger partial charge on any atom is 0.259 e. The molecule has 0 aliphatic carbocycles. The van der Waals surface area contributed by atoms with E-state index in [4.69, 9.17) is 9.47 Å². The van der Waals surface area contributed by atoms with Gasteiger partial charge in [0.25, 0.3) is 11.8 Å². The summed E-state index contributed by atoms with van der Waals surface area (Å²) in [4.78, 5) is 23.8. The van der Waals surface area contributed by atoms with Gasteiger partial charge in [0.05, 0.1) is 12.8 Å². The number of ether oxygens (including phenoxy) is 2. The minimum absolute atomic E-state index is 0.138. The molecular weight excluding hydrogens is 390 g/mol. The smallest absolute Gasteiger partial charge is 0.259 e. The Balaban J connectivity index is 1.47. The molecule has 0 aromatic heterocycles. The first kappa shape index (κ1) is 17.0. The summed E-state index contributed by atoms with van der Waals surface area (Å²) in [5.41, 5.74) is 3.58. The molecule has 0 fully saturated rings. The van der Waals surface area contributed by atoms with Gasteiger partial charge in [-0.3, -0.25) is 9.59 Å². The molecule has 0 radical (unpaired) electrons. The van der Waals surface area contributed by atoms with Crippen LogP contribution in [0.5, 0.6) is 11.5 Å². The molecule has 2 amide bonds. The third kappa shape index (κ3) is 4.57. The van der Waals surface area contributed by atoms with Crippen LogP contribution in [-0.2, 0) is 4.79 Å². The van der Waals surface area contributed by atoms with Gasteiger partial charge in [-0.2, -0.15) is 5.10 Å². The van der Waals surface area contributed by atoms with Crippen molar-refractivity contribution in [2.45, 2.75) is 0 Å². The topological polar surface area (TPSA) is 89.0 Å². The third-order valence-electron chi connectivity index (χ3n) is 3.32. The van der Waals surface area contributed by atoms with Crippen molar-refractivity contribution >= 4 is 34.0 Å². The lowest BCUT2D eigenvalue weighted by Crippen LogP contribution is -2.34. The lowest BCUT2D eigenvalue weighted by atomic mass is 10.2. The molecule has 0 saturated heterocycles. The van der Waals surface area contributed by atoms with E-state index in [1.54, 1.807) is 18.2 Å². The number of hydrogen-bond donors (Lipinski definition) is 2. The molecule has 25 heavy (non-hydrogen) atoms. The van der Waals surface area contributed by atoms with Gasteiger partial charge < -0.3 is 14.8 Å². The third-order valence-corrected chi connectivity index (χ3v) is 3.85. The molecule has 128 valence electrons. The van der Waals surface area contributed by atoms with Gasteiger partial charge in [0.15, 0.2) is 11.5 Å². The zero-order valence-electron chi connectivity index (χ0n) is 13.0. The highest BCUT2D eigenvalue weighted by molar-refractivity contribution is 9.10. The normalized spacial score (nSPS) is 12.2. The summed E-state index contributed by atoms with van der Waals surface area (Å²) in [6, 6.07) is 12.3. The highest BCUT2D eigenvalue weighted by Gasteiger charge is 2.16. The number of carbonyl (C=O) groups is 2. The summed E-state index contributed by atoms with van der Waals surface area (Å²) < 4.78 is 11.4. The van der Waals surface area contributed by atoms with Crippen molar-refractivity contribution in [2.75, 3.05) is 13.3 Å². The van der Waals surface area contributed by atoms with Gasteiger partial charge in [0.2, 0.25) is 6.79 Å². The molecule has 8 heteroatoms. The van der Waals surface area contributed by atoms with Gasteiger partial charge >= 0.3 is 0 Å². The van der Waals surface area contributed by atoms with Gasteiger partial charge in [-0.1, -0.05) is 28.1 Å². The molecule has 1 aliphatic heterocycles. The Kier molecular flexibility index (Phi) is 5.30. The van der Waals surface area contributed by atoms with E-state index >= 15 is 0 Å². The van der Waals surface area contributed by atoms with Crippen molar-refractivity contribution in [3.05, 3.63) is 58.1 Å². The van der Waals surface area contributed by atoms with Crippen molar-refractivity contribution in [1.82, 2.24) is 10.7 Å². The number of benzene rings is 2. The van der Waals surface area contributed by atoms with Crippen LogP contribution in [0.4, 0.5) is 0 Å². The van der Waals surface area contributed by atoms with Crippen molar-refractivity contribution in [2.24, 2.45) is 5.10 Å². The summed E-state index contributed by atoms with van der Waals surface area (Å²) >= 11 is 3.34. The molecule has 3 rings (SSSR count). The monoisotopic (exact) mass is 403 g/mol. The van der Waals surface area contributed by atoms with E-state index in [1.165, 1.54) is 6.21 Å². The summed E-state index contributed by atoms with van der Waals surface area (Å²) in [5, 5.41) is 6.36. The first-order valence-electron chi connectivity index (χ1n) is 7.37. The minimum atomic E-state index is -0.428. The molecule has 2 aromatic carbocycles. The quantitative estimate of drug-likeness (QED) is 0.590. The van der Waals surface area contributed by atoms with Crippen LogP contribution in [0.2, 0.25) is 0 Å². The van der Waals surface area contributed by atoms with Crippen molar-refractivity contribution in [1.29, 1.82) is 0 Å². The van der Waals surface area contributed by atoms with Crippen molar-refractivity contribution in [3.8, 4) is 11.5 Å². The van der Waals surface area contributed by atoms with E-state index in [9.17, 15) is 9.59 Å². The molecular formula is C17H14BrN3O4. The first-order valence-corrected chi connectivity index (χ1v) is 8.16. The summed E-state index contributed by atoms with van der Waals surface area (Å²) in [6.45, 7) is -0.0515. The van der Waals surface area contributed by atoms with Crippen LogP contribution >= 0.6 is 15.9 Å². The van der Waals surface area contributed by atoms with E-state index in [-0.39, 0.29) is 19.2 Å². The lowest BCUT2D eigenvalue weighted by molar-refractivity contribution is -0.120. The molecule has 2 N–H and O–H groups in total. The summed E-state index contributed by atoms with van der Waals surface area (Å²) in [5.74, 6) is 0.292. The molecule has 0 saturated carbocycles. The molecule has 0 atom stereocenters. The van der Waals surface area contributed by atoms with Crippen LogP contribution in [0.25, 0.3) is 0 Å². The number of amides is 2. The van der Waals surface area contributed by atoms with Crippen LogP contribution in [0, 0.1) is 0 Å². The molecule has 1 heterocycles. The Hall–Kier alpha value is -2.87. The zero-order valence-corrected chi connectivity index (χ0v) is 14.6. The van der Waals surface area contributed by atoms with Crippen molar-refractivity contribution < 1.29 is 19.1 Å². The maximum absolute atomic E-state index is 12.0. The average Bonchev–Trinajstić information content (AvgIpc) is 3.09. The largest absolute Gasteiger partial charge is 0.454 e. The molecule has 0 bridgehead atoms. The van der Waals surface area contributed by atoms with Gasteiger partial charge in [-0.25, -0.2) is 5.43 Å². The number of rotatable bonds is 5. The van der Waals surface area contributed by atoms with Crippen LogP contribution < -0.4 is 20.2 Å². The second-order valence-electron chi connectivity index (χ2n) is 5.10.